The van der Waals surface area contributed by atoms with Gasteiger partial charge in [-0.05, 0) is 25.0 Å². The van der Waals surface area contributed by atoms with Gasteiger partial charge in [0.15, 0.2) is 0 Å². The second-order valence-corrected chi connectivity index (χ2v) is 6.99. The molecule has 0 saturated carbocycles. The Morgan fingerprint density at radius 1 is 1.00 bits per heavy atom. The summed E-state index contributed by atoms with van der Waals surface area (Å²) >= 11 is 0. The molecule has 0 heterocycles. The minimum Gasteiger partial charge on any atom is -0.488 e. The van der Waals surface area contributed by atoms with Gasteiger partial charge in [-0.25, -0.2) is 4.57 Å². The van der Waals surface area contributed by atoms with Gasteiger partial charge in [0.2, 0.25) is 0 Å². The lowest BCUT2D eigenvalue weighted by atomic mass is 10.1. The molecule has 1 aromatic carbocycles. The van der Waals surface area contributed by atoms with Gasteiger partial charge in [0.25, 0.3) is 0 Å². The smallest absolute Gasteiger partial charge is 0.469 e. The van der Waals surface area contributed by atoms with Gasteiger partial charge in [-0.3, -0.25) is 4.52 Å². The van der Waals surface area contributed by atoms with E-state index >= 15 is 0 Å². The molecule has 2 N–H and O–H groups in total. The van der Waals surface area contributed by atoms with Crippen molar-refractivity contribution >= 4 is 7.82 Å². The van der Waals surface area contributed by atoms with Crippen molar-refractivity contribution < 1.29 is 23.6 Å². The van der Waals surface area contributed by atoms with E-state index in [1.54, 1.807) is 0 Å². The maximum Gasteiger partial charge on any atom is 0.469 e. The first kappa shape index (κ1) is 20.2. The standard InChI is InChI=1S/C17H29O5P/c1-2-3-4-5-6-7-9-14-17(15-21-23(18,19)20)22-16-12-10-8-11-13-16/h8,10-13,17H,2-7,9,14-15H2,1H3,(H2,18,19,20). The Morgan fingerprint density at radius 3 is 2.22 bits per heavy atom. The summed E-state index contributed by atoms with van der Waals surface area (Å²) < 4.78 is 21.3. The largest absolute Gasteiger partial charge is 0.488 e. The van der Waals surface area contributed by atoms with Crippen LogP contribution < -0.4 is 4.74 Å². The average Bonchev–Trinajstić information content (AvgIpc) is 2.51. The summed E-state index contributed by atoms with van der Waals surface area (Å²) in [5.41, 5.74) is 0. The summed E-state index contributed by atoms with van der Waals surface area (Å²) in [7, 11) is -4.46. The van der Waals surface area contributed by atoms with Crippen molar-refractivity contribution in [2.24, 2.45) is 0 Å². The highest BCUT2D eigenvalue weighted by Crippen LogP contribution is 2.36. The summed E-state index contributed by atoms with van der Waals surface area (Å²) in [6, 6.07) is 9.28. The molecule has 23 heavy (non-hydrogen) atoms. The molecule has 0 amide bonds. The molecule has 1 rings (SSSR count). The van der Waals surface area contributed by atoms with Crippen LogP contribution in [0, 0.1) is 0 Å². The predicted molar refractivity (Wildman–Crippen MR) is 91.5 cm³/mol. The SMILES string of the molecule is CCCCCCCCCC(COP(=O)(O)O)Oc1ccccc1. The number of phosphoric acid groups is 1. The first-order valence-corrected chi connectivity index (χ1v) is 9.96. The van der Waals surface area contributed by atoms with E-state index in [0.717, 1.165) is 19.3 Å². The Kier molecular flexibility index (Phi) is 10.2. The molecule has 6 heteroatoms. The Labute approximate surface area is 139 Å². The van der Waals surface area contributed by atoms with E-state index in [1.807, 2.05) is 30.3 Å². The molecule has 0 aromatic heterocycles. The lowest BCUT2D eigenvalue weighted by molar-refractivity contribution is 0.0941. The molecular formula is C17H29O5P. The third-order valence-electron chi connectivity index (χ3n) is 3.60. The minimum absolute atomic E-state index is 0.102. The van der Waals surface area contributed by atoms with Crippen LogP contribution in [-0.4, -0.2) is 22.5 Å². The third kappa shape index (κ3) is 11.3. The Balaban J connectivity index is 2.34. The summed E-state index contributed by atoms with van der Waals surface area (Å²) in [5, 5.41) is 0. The molecule has 0 aliphatic heterocycles. The molecule has 0 radical (unpaired) electrons. The molecule has 132 valence electrons. The van der Waals surface area contributed by atoms with Crippen molar-refractivity contribution in [3.05, 3.63) is 30.3 Å². The lowest BCUT2D eigenvalue weighted by Gasteiger charge is -2.19. The summed E-state index contributed by atoms with van der Waals surface area (Å²) in [6.07, 6.45) is 8.70. The summed E-state index contributed by atoms with van der Waals surface area (Å²) in [5.74, 6) is 0.690. The molecule has 0 fully saturated rings. The third-order valence-corrected chi connectivity index (χ3v) is 4.09. The molecule has 0 spiro atoms. The maximum atomic E-state index is 10.9. The van der Waals surface area contributed by atoms with Crippen molar-refractivity contribution in [3.63, 3.8) is 0 Å². The molecule has 1 unspecified atom stereocenters. The molecule has 0 aliphatic carbocycles. The molecule has 0 aliphatic rings. The van der Waals surface area contributed by atoms with E-state index in [0.29, 0.717) is 5.75 Å². The molecule has 0 bridgehead atoms. The normalized spacial score (nSPS) is 13.0. The Bertz CT molecular complexity index is 446. The monoisotopic (exact) mass is 344 g/mol. The van der Waals surface area contributed by atoms with Crippen LogP contribution in [0.2, 0.25) is 0 Å². The zero-order valence-corrected chi connectivity index (χ0v) is 14.8. The van der Waals surface area contributed by atoms with E-state index < -0.39 is 7.82 Å². The Morgan fingerprint density at radius 2 is 1.61 bits per heavy atom. The van der Waals surface area contributed by atoms with Crippen LogP contribution in [0.5, 0.6) is 5.75 Å². The quantitative estimate of drug-likeness (QED) is 0.401. The lowest BCUT2D eigenvalue weighted by Crippen LogP contribution is -2.22. The first-order chi connectivity index (χ1) is 11.0. The zero-order valence-electron chi connectivity index (χ0n) is 13.9. The van der Waals surface area contributed by atoms with Crippen molar-refractivity contribution in [1.82, 2.24) is 0 Å². The van der Waals surface area contributed by atoms with Crippen LogP contribution in [0.3, 0.4) is 0 Å². The van der Waals surface area contributed by atoms with Gasteiger partial charge in [0.05, 0.1) is 6.61 Å². The highest BCUT2D eigenvalue weighted by molar-refractivity contribution is 7.46. The van der Waals surface area contributed by atoms with Crippen LogP contribution in [0.4, 0.5) is 0 Å². The van der Waals surface area contributed by atoms with Crippen molar-refractivity contribution in [1.29, 1.82) is 0 Å². The number of para-hydroxylation sites is 1. The van der Waals surface area contributed by atoms with Crippen LogP contribution >= 0.6 is 7.82 Å². The minimum atomic E-state index is -4.46. The number of unbranched alkanes of at least 4 members (excludes halogenated alkanes) is 6. The number of phosphoric ester groups is 1. The fraction of sp³-hybridized carbons (Fsp3) is 0.647. The van der Waals surface area contributed by atoms with Crippen LogP contribution in [0.15, 0.2) is 30.3 Å². The first-order valence-electron chi connectivity index (χ1n) is 8.43. The summed E-state index contributed by atoms with van der Waals surface area (Å²) in [6.45, 7) is 2.10. The zero-order chi connectivity index (χ0) is 17.0. The van der Waals surface area contributed by atoms with Crippen LogP contribution in [-0.2, 0) is 9.09 Å². The van der Waals surface area contributed by atoms with E-state index in [1.165, 1.54) is 32.1 Å². The second-order valence-electron chi connectivity index (χ2n) is 5.75. The number of benzene rings is 1. The van der Waals surface area contributed by atoms with Gasteiger partial charge in [0, 0.05) is 0 Å². The van der Waals surface area contributed by atoms with E-state index in [4.69, 9.17) is 14.5 Å². The molecule has 1 aromatic rings. The van der Waals surface area contributed by atoms with Crippen molar-refractivity contribution in [2.45, 2.75) is 64.4 Å². The van der Waals surface area contributed by atoms with E-state index in [-0.39, 0.29) is 12.7 Å². The van der Waals surface area contributed by atoms with Gasteiger partial charge in [-0.2, -0.15) is 0 Å². The highest BCUT2D eigenvalue weighted by Gasteiger charge is 2.19. The van der Waals surface area contributed by atoms with Crippen molar-refractivity contribution in [2.75, 3.05) is 6.61 Å². The molecule has 5 nitrogen and oxygen atoms in total. The fourth-order valence-electron chi connectivity index (χ4n) is 2.38. The number of hydrogen-bond donors (Lipinski definition) is 2. The van der Waals surface area contributed by atoms with Gasteiger partial charge in [-0.15, -0.1) is 0 Å². The predicted octanol–water partition coefficient (Wildman–Crippen LogP) is 4.68. The van der Waals surface area contributed by atoms with Gasteiger partial charge >= 0.3 is 7.82 Å². The van der Waals surface area contributed by atoms with Gasteiger partial charge < -0.3 is 14.5 Å². The fourth-order valence-corrected chi connectivity index (χ4v) is 2.74. The molecule has 0 saturated heterocycles. The van der Waals surface area contributed by atoms with E-state index in [2.05, 4.69) is 11.4 Å². The van der Waals surface area contributed by atoms with Gasteiger partial charge in [-0.1, -0.05) is 63.6 Å². The number of ether oxygens (including phenoxy) is 1. The maximum absolute atomic E-state index is 10.9. The molecular weight excluding hydrogens is 315 g/mol. The average molecular weight is 344 g/mol. The second kappa shape index (κ2) is 11.6. The highest BCUT2D eigenvalue weighted by atomic mass is 31.2. The summed E-state index contributed by atoms with van der Waals surface area (Å²) in [4.78, 5) is 17.7. The number of hydrogen-bond acceptors (Lipinski definition) is 3. The molecule has 1 atom stereocenters. The van der Waals surface area contributed by atoms with Crippen LogP contribution in [0.25, 0.3) is 0 Å². The Hall–Kier alpha value is -0.870. The number of rotatable bonds is 13. The van der Waals surface area contributed by atoms with Crippen LogP contribution in [0.1, 0.15) is 58.3 Å². The van der Waals surface area contributed by atoms with E-state index in [9.17, 15) is 4.57 Å². The van der Waals surface area contributed by atoms with Crippen molar-refractivity contribution in [3.8, 4) is 5.75 Å². The van der Waals surface area contributed by atoms with Gasteiger partial charge in [0.1, 0.15) is 11.9 Å². The topological polar surface area (TPSA) is 76.0 Å².